The summed E-state index contributed by atoms with van der Waals surface area (Å²) in [6.45, 7) is 0. The highest BCUT2D eigenvalue weighted by Gasteiger charge is 2.24. The van der Waals surface area contributed by atoms with Crippen molar-refractivity contribution in [2.45, 2.75) is 31.7 Å². The zero-order chi connectivity index (χ0) is 11.4. The molecule has 1 fully saturated rings. The van der Waals surface area contributed by atoms with E-state index in [9.17, 15) is 0 Å². The number of aromatic nitrogens is 1. The molecular formula is C13H20N2O. The molecule has 1 saturated carbocycles. The van der Waals surface area contributed by atoms with Crippen LogP contribution in [-0.4, -0.2) is 19.1 Å². The Balaban J connectivity index is 2.11. The van der Waals surface area contributed by atoms with Gasteiger partial charge in [-0.05, 0) is 25.5 Å². The minimum Gasteiger partial charge on any atom is -0.481 e. The van der Waals surface area contributed by atoms with Crippen molar-refractivity contribution >= 4 is 0 Å². The molecule has 0 aliphatic heterocycles. The van der Waals surface area contributed by atoms with Crippen molar-refractivity contribution in [1.82, 2.24) is 10.3 Å². The van der Waals surface area contributed by atoms with Crippen molar-refractivity contribution in [3.05, 3.63) is 23.9 Å². The number of hydrogen-bond acceptors (Lipinski definition) is 3. The molecule has 1 aliphatic rings. The largest absolute Gasteiger partial charge is 0.481 e. The molecule has 1 aromatic heterocycles. The van der Waals surface area contributed by atoms with E-state index in [2.05, 4.69) is 16.4 Å². The third kappa shape index (κ3) is 2.35. The molecule has 1 unspecified atom stereocenters. The lowest BCUT2D eigenvalue weighted by molar-refractivity contribution is 0.262. The molecule has 1 atom stereocenters. The SMILES string of the molecule is CNC(CC1CCC1)c1cccnc1OC. The molecule has 3 heteroatoms. The number of pyridine rings is 1. The van der Waals surface area contributed by atoms with Crippen molar-refractivity contribution in [3.63, 3.8) is 0 Å². The van der Waals surface area contributed by atoms with Gasteiger partial charge >= 0.3 is 0 Å². The van der Waals surface area contributed by atoms with Gasteiger partial charge in [0.05, 0.1) is 7.11 Å². The van der Waals surface area contributed by atoms with E-state index in [1.165, 1.54) is 31.2 Å². The minimum absolute atomic E-state index is 0.369. The van der Waals surface area contributed by atoms with Gasteiger partial charge in [0.1, 0.15) is 0 Å². The summed E-state index contributed by atoms with van der Waals surface area (Å²) in [6.07, 6.45) is 7.11. The fourth-order valence-electron chi connectivity index (χ4n) is 2.30. The predicted molar refractivity (Wildman–Crippen MR) is 64.5 cm³/mol. The fourth-order valence-corrected chi connectivity index (χ4v) is 2.30. The Hall–Kier alpha value is -1.09. The molecule has 88 valence electrons. The van der Waals surface area contributed by atoms with Crippen LogP contribution in [0.5, 0.6) is 5.88 Å². The first-order valence-electron chi connectivity index (χ1n) is 6.01. The number of methoxy groups -OCH3 is 1. The van der Waals surface area contributed by atoms with Gasteiger partial charge in [-0.1, -0.05) is 25.3 Å². The molecule has 0 amide bonds. The van der Waals surface area contributed by atoms with Crippen LogP contribution < -0.4 is 10.1 Å². The van der Waals surface area contributed by atoms with Crippen LogP contribution in [0.4, 0.5) is 0 Å². The lowest BCUT2D eigenvalue weighted by Crippen LogP contribution is -2.23. The Kier molecular flexibility index (Phi) is 3.78. The molecule has 2 rings (SSSR count). The molecule has 1 N–H and O–H groups in total. The van der Waals surface area contributed by atoms with E-state index in [0.717, 1.165) is 11.8 Å². The van der Waals surface area contributed by atoms with E-state index in [4.69, 9.17) is 4.74 Å². The zero-order valence-corrected chi connectivity index (χ0v) is 10.1. The van der Waals surface area contributed by atoms with Crippen LogP contribution in [0, 0.1) is 5.92 Å². The Morgan fingerprint density at radius 3 is 2.94 bits per heavy atom. The quantitative estimate of drug-likeness (QED) is 0.828. The van der Waals surface area contributed by atoms with E-state index < -0.39 is 0 Å². The number of nitrogens with one attached hydrogen (secondary N) is 1. The van der Waals surface area contributed by atoms with Gasteiger partial charge in [0, 0.05) is 17.8 Å². The number of ether oxygens (including phenoxy) is 1. The first-order chi connectivity index (χ1) is 7.85. The van der Waals surface area contributed by atoms with E-state index in [0.29, 0.717) is 6.04 Å². The summed E-state index contributed by atoms with van der Waals surface area (Å²) in [5.41, 5.74) is 1.18. The van der Waals surface area contributed by atoms with Crippen molar-refractivity contribution in [2.24, 2.45) is 5.92 Å². The van der Waals surface area contributed by atoms with E-state index >= 15 is 0 Å². The normalized spacial score (nSPS) is 17.9. The summed E-state index contributed by atoms with van der Waals surface area (Å²) in [6, 6.07) is 4.45. The Morgan fingerprint density at radius 1 is 1.56 bits per heavy atom. The van der Waals surface area contributed by atoms with E-state index in [1.54, 1.807) is 13.3 Å². The number of hydrogen-bond donors (Lipinski definition) is 1. The summed E-state index contributed by atoms with van der Waals surface area (Å²) >= 11 is 0. The topological polar surface area (TPSA) is 34.2 Å². The first-order valence-corrected chi connectivity index (χ1v) is 6.01. The van der Waals surface area contributed by atoms with Gasteiger partial charge in [0.25, 0.3) is 0 Å². The molecular weight excluding hydrogens is 200 g/mol. The van der Waals surface area contributed by atoms with Crippen LogP contribution in [0.15, 0.2) is 18.3 Å². The predicted octanol–water partition coefficient (Wildman–Crippen LogP) is 2.54. The Labute approximate surface area is 97.2 Å². The highest BCUT2D eigenvalue weighted by molar-refractivity contribution is 5.28. The van der Waals surface area contributed by atoms with Gasteiger partial charge in [-0.3, -0.25) is 0 Å². The molecule has 0 radical (unpaired) electrons. The molecule has 0 spiro atoms. The van der Waals surface area contributed by atoms with Gasteiger partial charge in [0.15, 0.2) is 0 Å². The van der Waals surface area contributed by atoms with Crippen LogP contribution in [0.2, 0.25) is 0 Å². The number of rotatable bonds is 5. The number of nitrogens with zero attached hydrogens (tertiary/aromatic N) is 1. The maximum atomic E-state index is 5.31. The Morgan fingerprint density at radius 2 is 2.38 bits per heavy atom. The van der Waals surface area contributed by atoms with Crippen LogP contribution in [0.25, 0.3) is 0 Å². The molecule has 3 nitrogen and oxygen atoms in total. The minimum atomic E-state index is 0.369. The Bertz CT molecular complexity index is 336. The van der Waals surface area contributed by atoms with Crippen molar-refractivity contribution < 1.29 is 4.74 Å². The third-order valence-electron chi connectivity index (χ3n) is 3.51. The molecule has 1 heterocycles. The second kappa shape index (κ2) is 5.30. The second-order valence-corrected chi connectivity index (χ2v) is 4.48. The second-order valence-electron chi connectivity index (χ2n) is 4.48. The maximum absolute atomic E-state index is 5.31. The average molecular weight is 220 g/mol. The average Bonchev–Trinajstić information content (AvgIpc) is 2.28. The van der Waals surface area contributed by atoms with E-state index in [1.807, 2.05) is 13.1 Å². The van der Waals surface area contributed by atoms with Gasteiger partial charge < -0.3 is 10.1 Å². The van der Waals surface area contributed by atoms with E-state index in [-0.39, 0.29) is 0 Å². The highest BCUT2D eigenvalue weighted by atomic mass is 16.5. The monoisotopic (exact) mass is 220 g/mol. The summed E-state index contributed by atoms with van der Waals surface area (Å²) < 4.78 is 5.31. The summed E-state index contributed by atoms with van der Waals surface area (Å²) in [4.78, 5) is 4.25. The molecule has 0 bridgehead atoms. The van der Waals surface area contributed by atoms with Gasteiger partial charge in [0.2, 0.25) is 5.88 Å². The maximum Gasteiger partial charge on any atom is 0.217 e. The summed E-state index contributed by atoms with van der Waals surface area (Å²) in [7, 11) is 3.69. The van der Waals surface area contributed by atoms with Crippen molar-refractivity contribution in [3.8, 4) is 5.88 Å². The molecule has 1 aliphatic carbocycles. The molecule has 1 aromatic rings. The van der Waals surface area contributed by atoms with Crippen molar-refractivity contribution in [1.29, 1.82) is 0 Å². The van der Waals surface area contributed by atoms with Crippen LogP contribution in [0.1, 0.15) is 37.3 Å². The van der Waals surface area contributed by atoms with Crippen LogP contribution in [-0.2, 0) is 0 Å². The van der Waals surface area contributed by atoms with Gasteiger partial charge in [-0.15, -0.1) is 0 Å². The third-order valence-corrected chi connectivity index (χ3v) is 3.51. The standard InChI is InChI=1S/C13H20N2O/c1-14-12(9-10-5-3-6-10)11-7-4-8-15-13(11)16-2/h4,7-8,10,12,14H,3,5-6,9H2,1-2H3. The fraction of sp³-hybridized carbons (Fsp3) is 0.615. The molecule has 0 saturated heterocycles. The van der Waals surface area contributed by atoms with Crippen molar-refractivity contribution in [2.75, 3.05) is 14.2 Å². The van der Waals surface area contributed by atoms with Crippen LogP contribution in [0.3, 0.4) is 0 Å². The molecule has 16 heavy (non-hydrogen) atoms. The van der Waals surface area contributed by atoms with Gasteiger partial charge in [-0.25, -0.2) is 4.98 Å². The zero-order valence-electron chi connectivity index (χ0n) is 10.1. The lowest BCUT2D eigenvalue weighted by Gasteiger charge is -2.30. The molecule has 0 aromatic carbocycles. The smallest absolute Gasteiger partial charge is 0.217 e. The van der Waals surface area contributed by atoms with Gasteiger partial charge in [-0.2, -0.15) is 0 Å². The highest BCUT2D eigenvalue weighted by Crippen LogP contribution is 2.36. The summed E-state index contributed by atoms with van der Waals surface area (Å²) in [5, 5.41) is 3.37. The lowest BCUT2D eigenvalue weighted by atomic mass is 9.80. The van der Waals surface area contributed by atoms with Crippen LogP contribution >= 0.6 is 0 Å². The first kappa shape index (κ1) is 11.4. The summed E-state index contributed by atoms with van der Waals surface area (Å²) in [5.74, 6) is 1.63.